The summed E-state index contributed by atoms with van der Waals surface area (Å²) in [4.78, 5) is 13.9. The summed E-state index contributed by atoms with van der Waals surface area (Å²) in [6.45, 7) is 0.846. The Kier molecular flexibility index (Phi) is 3.10. The number of carbonyl (C=O) groups excluding carboxylic acids is 1. The minimum Gasteiger partial charge on any atom is -0.440 e. The molecule has 3 unspecified atom stereocenters. The van der Waals surface area contributed by atoms with Gasteiger partial charge in [-0.05, 0) is 60.7 Å². The van der Waals surface area contributed by atoms with Gasteiger partial charge in [0.15, 0.2) is 11.0 Å². The van der Waals surface area contributed by atoms with Gasteiger partial charge in [0.2, 0.25) is 0 Å². The molecule has 2 saturated carbocycles. The average Bonchev–Trinajstić information content (AvgIpc) is 3.03. The highest BCUT2D eigenvalue weighted by Crippen LogP contribution is 2.48. The molecule has 3 nitrogen and oxygen atoms in total. The Hall–Kier alpha value is -0.960. The van der Waals surface area contributed by atoms with Gasteiger partial charge < -0.3 is 9.32 Å². The lowest BCUT2D eigenvalue weighted by Gasteiger charge is -2.26. The Bertz CT molecular complexity index is 456. The predicted octanol–water partition coefficient (Wildman–Crippen LogP) is 3.44. The second kappa shape index (κ2) is 4.61. The minimum atomic E-state index is -0.0651. The van der Waals surface area contributed by atoms with Gasteiger partial charge in [0, 0.05) is 13.6 Å². The molecular weight excluding hydrogens is 250 g/mol. The van der Waals surface area contributed by atoms with E-state index in [2.05, 4.69) is 0 Å². The van der Waals surface area contributed by atoms with Gasteiger partial charge in [-0.3, -0.25) is 4.79 Å². The average molecular weight is 268 g/mol. The first-order chi connectivity index (χ1) is 8.63. The highest BCUT2D eigenvalue weighted by Gasteiger charge is 2.40. The zero-order chi connectivity index (χ0) is 12.7. The van der Waals surface area contributed by atoms with Crippen LogP contribution in [0.4, 0.5) is 0 Å². The second-order valence-corrected chi connectivity index (χ2v) is 6.10. The highest BCUT2D eigenvalue weighted by molar-refractivity contribution is 6.29. The number of nitrogens with zero attached hydrogens (tertiary/aromatic N) is 1. The molecule has 0 aliphatic heterocycles. The number of amides is 1. The maximum Gasteiger partial charge on any atom is 0.289 e. The van der Waals surface area contributed by atoms with Crippen LogP contribution in [0.15, 0.2) is 16.5 Å². The molecule has 1 amide bonds. The van der Waals surface area contributed by atoms with Gasteiger partial charge in [-0.1, -0.05) is 6.42 Å². The van der Waals surface area contributed by atoms with E-state index < -0.39 is 0 Å². The van der Waals surface area contributed by atoms with E-state index in [4.69, 9.17) is 16.0 Å². The number of hydrogen-bond acceptors (Lipinski definition) is 2. The van der Waals surface area contributed by atoms with Gasteiger partial charge in [0.1, 0.15) is 0 Å². The predicted molar refractivity (Wildman–Crippen MR) is 69.6 cm³/mol. The quantitative estimate of drug-likeness (QED) is 0.841. The lowest BCUT2D eigenvalue weighted by molar-refractivity contribution is 0.0723. The number of halogens is 1. The van der Waals surface area contributed by atoms with Crippen LogP contribution in [-0.4, -0.2) is 24.4 Å². The van der Waals surface area contributed by atoms with Crippen LogP contribution in [-0.2, 0) is 0 Å². The van der Waals surface area contributed by atoms with Crippen molar-refractivity contribution >= 4 is 17.5 Å². The van der Waals surface area contributed by atoms with Crippen molar-refractivity contribution < 1.29 is 9.21 Å². The lowest BCUT2D eigenvalue weighted by Crippen LogP contribution is -2.33. The fraction of sp³-hybridized carbons (Fsp3) is 0.643. The largest absolute Gasteiger partial charge is 0.440 e. The Labute approximate surface area is 112 Å². The Morgan fingerprint density at radius 2 is 2.28 bits per heavy atom. The molecule has 98 valence electrons. The van der Waals surface area contributed by atoms with Gasteiger partial charge in [-0.25, -0.2) is 0 Å². The first-order valence-electron chi connectivity index (χ1n) is 6.64. The van der Waals surface area contributed by atoms with Crippen LogP contribution in [0, 0.1) is 17.8 Å². The van der Waals surface area contributed by atoms with E-state index in [1.807, 2.05) is 7.05 Å². The molecule has 0 spiro atoms. The number of fused-ring (bicyclic) bond motifs is 2. The highest BCUT2D eigenvalue weighted by atomic mass is 35.5. The molecule has 0 radical (unpaired) electrons. The topological polar surface area (TPSA) is 33.5 Å². The molecule has 0 saturated heterocycles. The zero-order valence-electron chi connectivity index (χ0n) is 10.6. The van der Waals surface area contributed by atoms with Gasteiger partial charge in [-0.2, -0.15) is 0 Å². The fourth-order valence-electron chi connectivity index (χ4n) is 3.65. The van der Waals surface area contributed by atoms with Gasteiger partial charge in [-0.15, -0.1) is 0 Å². The standard InChI is InChI=1S/C14H18ClNO2/c1-16(14(17)12-4-5-13(15)18-12)8-11-7-9-2-3-10(11)6-9/h4-5,9-11H,2-3,6-8H2,1H3. The molecule has 2 aliphatic rings. The van der Waals surface area contributed by atoms with Crippen molar-refractivity contribution in [1.29, 1.82) is 0 Å². The number of carbonyl (C=O) groups is 1. The molecule has 2 aliphatic carbocycles. The number of furan rings is 1. The van der Waals surface area contributed by atoms with Crippen molar-refractivity contribution in [3.05, 3.63) is 23.1 Å². The van der Waals surface area contributed by atoms with E-state index in [-0.39, 0.29) is 11.1 Å². The van der Waals surface area contributed by atoms with E-state index >= 15 is 0 Å². The van der Waals surface area contributed by atoms with Crippen molar-refractivity contribution in [3.63, 3.8) is 0 Å². The third-order valence-electron chi connectivity index (χ3n) is 4.52. The van der Waals surface area contributed by atoms with Crippen LogP contribution >= 0.6 is 11.6 Å². The lowest BCUT2D eigenvalue weighted by atomic mass is 9.88. The van der Waals surface area contributed by atoms with Crippen LogP contribution in [0.5, 0.6) is 0 Å². The van der Waals surface area contributed by atoms with E-state index in [1.165, 1.54) is 25.7 Å². The summed E-state index contributed by atoms with van der Waals surface area (Å²) in [5, 5.41) is 0.270. The van der Waals surface area contributed by atoms with Crippen molar-refractivity contribution in [2.45, 2.75) is 25.7 Å². The summed E-state index contributed by atoms with van der Waals surface area (Å²) in [6.07, 6.45) is 5.41. The Balaban J connectivity index is 1.61. The molecule has 0 N–H and O–H groups in total. The van der Waals surface area contributed by atoms with Crippen LogP contribution in [0.25, 0.3) is 0 Å². The van der Waals surface area contributed by atoms with Crippen LogP contribution in [0.2, 0.25) is 5.22 Å². The molecule has 1 aromatic heterocycles. The van der Waals surface area contributed by atoms with Crippen molar-refractivity contribution in [2.24, 2.45) is 17.8 Å². The summed E-state index contributed by atoms with van der Waals surface area (Å²) in [7, 11) is 1.85. The molecule has 18 heavy (non-hydrogen) atoms. The molecule has 2 bridgehead atoms. The third-order valence-corrected chi connectivity index (χ3v) is 4.73. The van der Waals surface area contributed by atoms with Crippen molar-refractivity contribution in [2.75, 3.05) is 13.6 Å². The minimum absolute atomic E-state index is 0.0651. The SMILES string of the molecule is CN(CC1CC2CCC1C2)C(=O)c1ccc(Cl)o1. The monoisotopic (exact) mass is 267 g/mol. The number of hydrogen-bond donors (Lipinski definition) is 0. The summed E-state index contributed by atoms with van der Waals surface area (Å²) in [5.74, 6) is 2.71. The summed E-state index contributed by atoms with van der Waals surface area (Å²) in [5.41, 5.74) is 0. The molecule has 2 fully saturated rings. The smallest absolute Gasteiger partial charge is 0.289 e. The van der Waals surface area contributed by atoms with Gasteiger partial charge >= 0.3 is 0 Å². The van der Waals surface area contributed by atoms with E-state index in [0.29, 0.717) is 11.7 Å². The van der Waals surface area contributed by atoms with E-state index in [9.17, 15) is 4.79 Å². The van der Waals surface area contributed by atoms with E-state index in [1.54, 1.807) is 17.0 Å². The first kappa shape index (κ1) is 12.1. The summed E-state index contributed by atoms with van der Waals surface area (Å²) < 4.78 is 5.17. The third kappa shape index (κ3) is 2.16. The van der Waals surface area contributed by atoms with Gasteiger partial charge in [0.05, 0.1) is 0 Å². The van der Waals surface area contributed by atoms with Crippen LogP contribution < -0.4 is 0 Å². The summed E-state index contributed by atoms with van der Waals surface area (Å²) in [6, 6.07) is 3.25. The van der Waals surface area contributed by atoms with Crippen LogP contribution in [0.1, 0.15) is 36.2 Å². The Morgan fingerprint density at radius 1 is 1.44 bits per heavy atom. The molecule has 1 heterocycles. The molecule has 4 heteroatoms. The molecule has 1 aromatic rings. The second-order valence-electron chi connectivity index (χ2n) is 5.72. The normalized spacial score (nSPS) is 29.8. The molecular formula is C14H18ClNO2. The zero-order valence-corrected chi connectivity index (χ0v) is 11.3. The maximum atomic E-state index is 12.1. The van der Waals surface area contributed by atoms with Gasteiger partial charge in [0.25, 0.3) is 5.91 Å². The van der Waals surface area contributed by atoms with Crippen LogP contribution in [0.3, 0.4) is 0 Å². The number of rotatable bonds is 3. The van der Waals surface area contributed by atoms with Crippen molar-refractivity contribution in [3.8, 4) is 0 Å². The molecule has 0 aromatic carbocycles. The fourth-order valence-corrected chi connectivity index (χ4v) is 3.80. The maximum absolute atomic E-state index is 12.1. The van der Waals surface area contributed by atoms with Crippen molar-refractivity contribution in [1.82, 2.24) is 4.90 Å². The summed E-state index contributed by atoms with van der Waals surface area (Å²) >= 11 is 5.69. The molecule has 3 rings (SSSR count). The molecule has 3 atom stereocenters. The van der Waals surface area contributed by atoms with E-state index in [0.717, 1.165) is 18.4 Å². The Morgan fingerprint density at radius 3 is 2.83 bits per heavy atom. The first-order valence-corrected chi connectivity index (χ1v) is 7.02.